The number of hydrogen-bond acceptors (Lipinski definition) is 2. The number of anilines is 1. The summed E-state index contributed by atoms with van der Waals surface area (Å²) in [5, 5.41) is 5.84. The number of Topliss-reactive ketones (excluding diaryl/α,β-unsaturated/α-hetero) is 1. The van der Waals surface area contributed by atoms with Crippen LogP contribution in [0.3, 0.4) is 0 Å². The summed E-state index contributed by atoms with van der Waals surface area (Å²) in [5.41, 5.74) is 1.25. The van der Waals surface area contributed by atoms with Gasteiger partial charge in [0.15, 0.2) is 5.78 Å². The lowest BCUT2D eigenvalue weighted by Crippen LogP contribution is -2.41. The molecule has 0 aromatic heterocycles. The molecule has 0 spiro atoms. The standard InChI is InChI=1S/C17H24N2O2/c1-11-7-8-16(9-12(11)2)19-17(21)18-15-6-4-5-14(10-15)13(3)20/h4-6,10-12,16H,7-9H2,1-3H3,(H2,18,19,21). The minimum Gasteiger partial charge on any atom is -0.335 e. The molecule has 0 aliphatic heterocycles. The van der Waals surface area contributed by atoms with Crippen molar-refractivity contribution in [3.8, 4) is 0 Å². The van der Waals surface area contributed by atoms with Crippen LogP contribution in [0.2, 0.25) is 0 Å². The molecule has 1 aliphatic carbocycles. The Hall–Kier alpha value is -1.84. The first kappa shape index (κ1) is 15.5. The fourth-order valence-corrected chi connectivity index (χ4v) is 2.85. The van der Waals surface area contributed by atoms with E-state index in [9.17, 15) is 9.59 Å². The summed E-state index contributed by atoms with van der Waals surface area (Å²) in [7, 11) is 0. The van der Waals surface area contributed by atoms with Crippen LogP contribution in [0.25, 0.3) is 0 Å². The van der Waals surface area contributed by atoms with Gasteiger partial charge in [0, 0.05) is 17.3 Å². The van der Waals surface area contributed by atoms with E-state index in [1.165, 1.54) is 6.92 Å². The summed E-state index contributed by atoms with van der Waals surface area (Å²) < 4.78 is 0. The Labute approximate surface area is 126 Å². The minimum absolute atomic E-state index is 0.00542. The highest BCUT2D eigenvalue weighted by Gasteiger charge is 2.25. The van der Waals surface area contributed by atoms with Crippen molar-refractivity contribution in [3.05, 3.63) is 29.8 Å². The maximum absolute atomic E-state index is 12.0. The van der Waals surface area contributed by atoms with Crippen LogP contribution < -0.4 is 10.6 Å². The molecule has 114 valence electrons. The van der Waals surface area contributed by atoms with Gasteiger partial charge in [-0.2, -0.15) is 0 Å². The van der Waals surface area contributed by atoms with Crippen molar-refractivity contribution in [2.24, 2.45) is 11.8 Å². The van der Waals surface area contributed by atoms with E-state index >= 15 is 0 Å². The highest BCUT2D eigenvalue weighted by atomic mass is 16.2. The summed E-state index contributed by atoms with van der Waals surface area (Å²) >= 11 is 0. The van der Waals surface area contributed by atoms with Gasteiger partial charge in [-0.15, -0.1) is 0 Å². The quantitative estimate of drug-likeness (QED) is 0.830. The Balaban J connectivity index is 1.90. The van der Waals surface area contributed by atoms with Gasteiger partial charge in [0.1, 0.15) is 0 Å². The SMILES string of the molecule is CC(=O)c1cccc(NC(=O)NC2CCC(C)C(C)C2)c1. The Morgan fingerprint density at radius 2 is 1.90 bits per heavy atom. The number of amides is 2. The van der Waals surface area contributed by atoms with Gasteiger partial charge < -0.3 is 10.6 Å². The maximum Gasteiger partial charge on any atom is 0.319 e. The molecule has 4 heteroatoms. The van der Waals surface area contributed by atoms with Crippen molar-refractivity contribution in [1.82, 2.24) is 5.32 Å². The number of ketones is 1. The summed E-state index contributed by atoms with van der Waals surface area (Å²) in [6.07, 6.45) is 3.22. The summed E-state index contributed by atoms with van der Waals surface area (Å²) in [5.74, 6) is 1.37. The number of carbonyl (C=O) groups excluding carboxylic acids is 2. The van der Waals surface area contributed by atoms with E-state index in [1.807, 2.05) is 0 Å². The van der Waals surface area contributed by atoms with Gasteiger partial charge >= 0.3 is 6.03 Å². The van der Waals surface area contributed by atoms with Gasteiger partial charge in [0.2, 0.25) is 0 Å². The zero-order valence-electron chi connectivity index (χ0n) is 13.0. The van der Waals surface area contributed by atoms with Crippen molar-refractivity contribution >= 4 is 17.5 Å². The average Bonchev–Trinajstić information content (AvgIpc) is 2.43. The van der Waals surface area contributed by atoms with Crippen LogP contribution in [0.15, 0.2) is 24.3 Å². The summed E-state index contributed by atoms with van der Waals surface area (Å²) in [4.78, 5) is 23.4. The largest absolute Gasteiger partial charge is 0.335 e. The zero-order chi connectivity index (χ0) is 15.4. The second-order valence-corrected chi connectivity index (χ2v) is 6.20. The number of benzene rings is 1. The van der Waals surface area contributed by atoms with Crippen LogP contribution in [0, 0.1) is 11.8 Å². The van der Waals surface area contributed by atoms with Crippen molar-refractivity contribution in [2.45, 2.75) is 46.1 Å². The van der Waals surface area contributed by atoms with Gasteiger partial charge in [0.25, 0.3) is 0 Å². The third kappa shape index (κ3) is 4.31. The third-order valence-electron chi connectivity index (χ3n) is 4.46. The van der Waals surface area contributed by atoms with Gasteiger partial charge in [-0.25, -0.2) is 4.79 Å². The molecule has 1 aromatic rings. The number of urea groups is 1. The van der Waals surface area contributed by atoms with Crippen LogP contribution in [-0.2, 0) is 0 Å². The van der Waals surface area contributed by atoms with Crippen molar-refractivity contribution in [2.75, 3.05) is 5.32 Å². The lowest BCUT2D eigenvalue weighted by Gasteiger charge is -2.32. The predicted molar refractivity (Wildman–Crippen MR) is 84.6 cm³/mol. The second kappa shape index (κ2) is 6.74. The Bertz CT molecular complexity index is 527. The molecular formula is C17H24N2O2. The van der Waals surface area contributed by atoms with Crippen LogP contribution in [-0.4, -0.2) is 17.9 Å². The minimum atomic E-state index is -0.192. The first-order valence-electron chi connectivity index (χ1n) is 7.64. The normalized spacial score (nSPS) is 25.2. The zero-order valence-corrected chi connectivity index (χ0v) is 13.0. The van der Waals surface area contributed by atoms with E-state index in [1.54, 1.807) is 24.3 Å². The van der Waals surface area contributed by atoms with Crippen LogP contribution >= 0.6 is 0 Å². The van der Waals surface area contributed by atoms with E-state index in [-0.39, 0.29) is 17.9 Å². The van der Waals surface area contributed by atoms with E-state index in [4.69, 9.17) is 0 Å². The topological polar surface area (TPSA) is 58.2 Å². The van der Waals surface area contributed by atoms with Crippen molar-refractivity contribution in [3.63, 3.8) is 0 Å². The van der Waals surface area contributed by atoms with Gasteiger partial charge in [0.05, 0.1) is 0 Å². The number of carbonyl (C=O) groups is 2. The van der Waals surface area contributed by atoms with Crippen LogP contribution in [0.1, 0.15) is 50.4 Å². The molecule has 4 nitrogen and oxygen atoms in total. The maximum atomic E-state index is 12.0. The molecule has 3 unspecified atom stereocenters. The molecule has 2 rings (SSSR count). The second-order valence-electron chi connectivity index (χ2n) is 6.20. The smallest absolute Gasteiger partial charge is 0.319 e. The predicted octanol–water partition coefficient (Wildman–Crippen LogP) is 3.84. The Morgan fingerprint density at radius 1 is 1.14 bits per heavy atom. The molecule has 0 saturated heterocycles. The lowest BCUT2D eigenvalue weighted by atomic mass is 9.79. The van der Waals surface area contributed by atoms with E-state index < -0.39 is 0 Å². The molecular weight excluding hydrogens is 264 g/mol. The summed E-state index contributed by atoms with van der Waals surface area (Å²) in [6, 6.07) is 7.06. The molecule has 1 aromatic carbocycles. The van der Waals surface area contributed by atoms with E-state index in [2.05, 4.69) is 24.5 Å². The number of rotatable bonds is 3. The molecule has 0 heterocycles. The molecule has 3 atom stereocenters. The fraction of sp³-hybridized carbons (Fsp3) is 0.529. The number of nitrogens with one attached hydrogen (secondary N) is 2. The average molecular weight is 288 g/mol. The summed E-state index contributed by atoms with van der Waals surface area (Å²) in [6.45, 7) is 6.03. The molecule has 1 saturated carbocycles. The third-order valence-corrected chi connectivity index (χ3v) is 4.46. The Morgan fingerprint density at radius 3 is 2.57 bits per heavy atom. The van der Waals surface area contributed by atoms with Crippen LogP contribution in [0.4, 0.5) is 10.5 Å². The first-order valence-corrected chi connectivity index (χ1v) is 7.64. The molecule has 21 heavy (non-hydrogen) atoms. The van der Waals surface area contributed by atoms with Gasteiger partial charge in [-0.05, 0) is 50.2 Å². The highest BCUT2D eigenvalue weighted by Crippen LogP contribution is 2.29. The molecule has 0 radical (unpaired) electrons. The molecule has 1 aliphatic rings. The molecule has 2 N–H and O–H groups in total. The van der Waals surface area contributed by atoms with Gasteiger partial charge in [-0.1, -0.05) is 26.0 Å². The van der Waals surface area contributed by atoms with E-state index in [0.717, 1.165) is 25.2 Å². The molecule has 0 bridgehead atoms. The molecule has 1 fully saturated rings. The van der Waals surface area contributed by atoms with E-state index in [0.29, 0.717) is 17.2 Å². The highest BCUT2D eigenvalue weighted by molar-refractivity contribution is 5.96. The number of hydrogen-bond donors (Lipinski definition) is 2. The first-order chi connectivity index (χ1) is 9.95. The lowest BCUT2D eigenvalue weighted by molar-refractivity contribution is 0.101. The monoisotopic (exact) mass is 288 g/mol. The van der Waals surface area contributed by atoms with Crippen LogP contribution in [0.5, 0.6) is 0 Å². The van der Waals surface area contributed by atoms with Crippen molar-refractivity contribution < 1.29 is 9.59 Å². The van der Waals surface area contributed by atoms with Crippen molar-refractivity contribution in [1.29, 1.82) is 0 Å². The Kier molecular flexibility index (Phi) is 4.99. The molecule has 2 amide bonds. The fourth-order valence-electron chi connectivity index (χ4n) is 2.85. The van der Waals surface area contributed by atoms with Gasteiger partial charge in [-0.3, -0.25) is 4.79 Å².